The Morgan fingerprint density at radius 2 is 1.21 bits per heavy atom. The summed E-state index contributed by atoms with van der Waals surface area (Å²) in [5.74, 6) is -0.925. The van der Waals surface area contributed by atoms with Crippen molar-refractivity contribution in [3.05, 3.63) is 12.2 Å². The molecule has 1 rings (SSSR count). The third kappa shape index (κ3) is 21.9. The largest absolute Gasteiger partial charge is 0.393 e. The predicted molar refractivity (Wildman–Crippen MR) is 152 cm³/mol. The summed E-state index contributed by atoms with van der Waals surface area (Å²) in [7, 11) is 0. The summed E-state index contributed by atoms with van der Waals surface area (Å²) in [6, 6.07) is 0. The molecule has 0 aromatic heterocycles. The van der Waals surface area contributed by atoms with Gasteiger partial charge in [0.15, 0.2) is 0 Å². The van der Waals surface area contributed by atoms with Gasteiger partial charge in [-0.05, 0) is 20.3 Å². The third-order valence-electron chi connectivity index (χ3n) is 5.32. The average Bonchev–Trinajstić information content (AvgIpc) is 3.28. The maximum atomic E-state index is 11.8. The van der Waals surface area contributed by atoms with Gasteiger partial charge in [0.2, 0.25) is 5.91 Å². The minimum Gasteiger partial charge on any atom is -0.393 e. The SMILES string of the molecule is CC(C)ON=CCCC(=O)CCOCCOCCOCCOCCOCCOCCNC(=O)CCN1C(=O)C=CC1=O. The molecule has 1 aliphatic rings. The second kappa shape index (κ2) is 25.9. The van der Waals surface area contributed by atoms with Gasteiger partial charge in [-0.3, -0.25) is 24.1 Å². The molecule has 0 saturated carbocycles. The molecule has 0 atom stereocenters. The van der Waals surface area contributed by atoms with E-state index in [2.05, 4.69) is 10.5 Å². The number of ketones is 1. The molecule has 3 amide bonds. The van der Waals surface area contributed by atoms with E-state index in [0.29, 0.717) is 105 Å². The molecule has 0 spiro atoms. The van der Waals surface area contributed by atoms with E-state index in [1.165, 1.54) is 12.2 Å². The first-order chi connectivity index (χ1) is 20.4. The number of imide groups is 1. The molecule has 0 radical (unpaired) electrons. The second-order valence-corrected chi connectivity index (χ2v) is 9.21. The summed E-state index contributed by atoms with van der Waals surface area (Å²) >= 11 is 0. The van der Waals surface area contributed by atoms with E-state index < -0.39 is 11.8 Å². The van der Waals surface area contributed by atoms with Gasteiger partial charge < -0.3 is 38.6 Å². The van der Waals surface area contributed by atoms with Crippen LogP contribution in [0.15, 0.2) is 17.3 Å². The van der Waals surface area contributed by atoms with Crippen molar-refractivity contribution in [3.8, 4) is 0 Å². The number of oxime groups is 1. The first kappa shape index (κ1) is 37.3. The van der Waals surface area contributed by atoms with E-state index in [4.69, 9.17) is 33.3 Å². The van der Waals surface area contributed by atoms with Gasteiger partial charge in [0, 0.05) is 50.7 Å². The molecule has 1 heterocycles. The Morgan fingerprint density at radius 3 is 1.71 bits per heavy atom. The fourth-order valence-corrected chi connectivity index (χ4v) is 3.17. The lowest BCUT2D eigenvalue weighted by atomic mass is 10.2. The monoisotopic (exact) mass is 601 g/mol. The summed E-state index contributed by atoms with van der Waals surface area (Å²) in [4.78, 5) is 52.4. The summed E-state index contributed by atoms with van der Waals surface area (Å²) < 4.78 is 32.5. The average molecular weight is 602 g/mol. The van der Waals surface area contributed by atoms with E-state index in [1.54, 1.807) is 6.21 Å². The number of ether oxygens (including phenoxy) is 6. The first-order valence-electron chi connectivity index (χ1n) is 14.4. The van der Waals surface area contributed by atoms with Gasteiger partial charge in [-0.25, -0.2) is 0 Å². The molecular weight excluding hydrogens is 554 g/mol. The van der Waals surface area contributed by atoms with Crippen molar-refractivity contribution in [1.29, 1.82) is 0 Å². The number of carbonyl (C=O) groups excluding carboxylic acids is 4. The highest BCUT2D eigenvalue weighted by Crippen LogP contribution is 2.04. The van der Waals surface area contributed by atoms with E-state index in [9.17, 15) is 19.2 Å². The molecule has 42 heavy (non-hydrogen) atoms. The zero-order valence-electron chi connectivity index (χ0n) is 24.9. The van der Waals surface area contributed by atoms with Crippen molar-refractivity contribution in [2.24, 2.45) is 5.16 Å². The Morgan fingerprint density at radius 1 is 0.738 bits per heavy atom. The topological polar surface area (TPSA) is 161 Å². The summed E-state index contributed by atoms with van der Waals surface area (Å²) in [6.07, 6.45) is 5.44. The third-order valence-corrected chi connectivity index (χ3v) is 5.32. The molecule has 0 aromatic rings. The van der Waals surface area contributed by atoms with Crippen molar-refractivity contribution in [2.75, 3.05) is 92.4 Å². The minimum absolute atomic E-state index is 0.0354. The Labute approximate surface area is 247 Å². The lowest BCUT2D eigenvalue weighted by molar-refractivity contribution is -0.137. The Kier molecular flexibility index (Phi) is 23.0. The molecule has 0 aliphatic carbocycles. The number of nitrogens with one attached hydrogen (secondary N) is 1. The Hall–Kier alpha value is -2.75. The quantitative estimate of drug-likeness (QED) is 0.0555. The van der Waals surface area contributed by atoms with Crippen molar-refractivity contribution in [2.45, 2.75) is 45.6 Å². The van der Waals surface area contributed by atoms with Crippen LogP contribution < -0.4 is 5.32 Å². The second-order valence-electron chi connectivity index (χ2n) is 9.21. The van der Waals surface area contributed by atoms with Crippen LogP contribution in [0, 0.1) is 0 Å². The number of Topliss-reactive ketones (excluding diaryl/α,β-unsaturated/α-hetero) is 1. The van der Waals surface area contributed by atoms with Gasteiger partial charge in [0.25, 0.3) is 11.8 Å². The van der Waals surface area contributed by atoms with Crippen LogP contribution in [0.3, 0.4) is 0 Å². The van der Waals surface area contributed by atoms with Crippen LogP contribution in [-0.2, 0) is 52.4 Å². The van der Waals surface area contributed by atoms with Crippen molar-refractivity contribution in [1.82, 2.24) is 10.2 Å². The Balaban J connectivity index is 1.72. The molecule has 0 aromatic carbocycles. The number of hydrogen-bond donors (Lipinski definition) is 1. The number of nitrogens with zero attached hydrogens (tertiary/aromatic N) is 2. The molecule has 0 fully saturated rings. The molecule has 0 saturated heterocycles. The molecular formula is C28H47N3O11. The number of amides is 3. The van der Waals surface area contributed by atoms with E-state index in [1.807, 2.05) is 13.8 Å². The summed E-state index contributed by atoms with van der Waals surface area (Å²) in [5.41, 5.74) is 0. The molecule has 14 heteroatoms. The van der Waals surface area contributed by atoms with Crippen molar-refractivity contribution < 1.29 is 52.4 Å². The molecule has 240 valence electrons. The van der Waals surface area contributed by atoms with E-state index in [-0.39, 0.29) is 30.8 Å². The number of carbonyl (C=O) groups is 4. The lowest BCUT2D eigenvalue weighted by Gasteiger charge is -2.13. The van der Waals surface area contributed by atoms with Crippen LogP contribution in [-0.4, -0.2) is 133 Å². The zero-order valence-corrected chi connectivity index (χ0v) is 24.9. The summed E-state index contributed by atoms with van der Waals surface area (Å²) in [5, 5.41) is 6.45. The standard InChI is InChI=1S/C28H47N3O11/c1-24(2)42-30-9-3-4-25(32)8-12-36-14-16-38-18-20-40-22-23-41-21-19-39-17-15-37-13-10-29-26(33)7-11-31-27(34)5-6-28(31)35/h5-6,9,24H,3-4,7-8,10-23H2,1-2H3,(H,29,33). The smallest absolute Gasteiger partial charge is 0.253 e. The van der Waals surface area contributed by atoms with E-state index >= 15 is 0 Å². The molecule has 1 aliphatic heterocycles. The highest BCUT2D eigenvalue weighted by Gasteiger charge is 2.23. The van der Waals surface area contributed by atoms with Crippen molar-refractivity contribution >= 4 is 29.7 Å². The minimum atomic E-state index is -0.399. The molecule has 0 unspecified atom stereocenters. The summed E-state index contributed by atoms with van der Waals surface area (Å²) in [6.45, 7) is 9.19. The number of hydrogen-bond acceptors (Lipinski definition) is 12. The lowest BCUT2D eigenvalue weighted by Crippen LogP contribution is -2.35. The van der Waals surface area contributed by atoms with Gasteiger partial charge in [-0.15, -0.1) is 0 Å². The zero-order chi connectivity index (χ0) is 30.7. The Bertz CT molecular complexity index is 803. The first-order valence-corrected chi connectivity index (χ1v) is 14.4. The fraction of sp³-hybridized carbons (Fsp3) is 0.750. The van der Waals surface area contributed by atoms with Gasteiger partial charge >= 0.3 is 0 Å². The van der Waals surface area contributed by atoms with Gasteiger partial charge in [0.05, 0.1) is 79.3 Å². The highest BCUT2D eigenvalue weighted by molar-refractivity contribution is 6.13. The maximum Gasteiger partial charge on any atom is 0.253 e. The number of rotatable bonds is 29. The normalized spacial score (nSPS) is 13.2. The van der Waals surface area contributed by atoms with Crippen LogP contribution in [0.5, 0.6) is 0 Å². The molecule has 14 nitrogen and oxygen atoms in total. The van der Waals surface area contributed by atoms with Crippen LogP contribution >= 0.6 is 0 Å². The van der Waals surface area contributed by atoms with E-state index in [0.717, 1.165) is 4.90 Å². The van der Waals surface area contributed by atoms with Crippen LogP contribution in [0.25, 0.3) is 0 Å². The predicted octanol–water partition coefficient (Wildman–Crippen LogP) is 0.668. The van der Waals surface area contributed by atoms with Crippen LogP contribution in [0.1, 0.15) is 39.5 Å². The highest BCUT2D eigenvalue weighted by atomic mass is 16.6. The van der Waals surface area contributed by atoms with Gasteiger partial charge in [-0.1, -0.05) is 5.16 Å². The molecule has 0 bridgehead atoms. The molecule has 1 N–H and O–H groups in total. The van der Waals surface area contributed by atoms with Crippen molar-refractivity contribution in [3.63, 3.8) is 0 Å². The van der Waals surface area contributed by atoms with Crippen LogP contribution in [0.2, 0.25) is 0 Å². The maximum absolute atomic E-state index is 11.8. The van der Waals surface area contributed by atoms with Crippen LogP contribution in [0.4, 0.5) is 0 Å². The van der Waals surface area contributed by atoms with Gasteiger partial charge in [-0.2, -0.15) is 0 Å². The fourth-order valence-electron chi connectivity index (χ4n) is 3.17. The van der Waals surface area contributed by atoms with Gasteiger partial charge in [0.1, 0.15) is 11.9 Å².